The van der Waals surface area contributed by atoms with E-state index in [1.165, 1.54) is 0 Å². The summed E-state index contributed by atoms with van der Waals surface area (Å²) >= 11 is 0. The fourth-order valence-corrected chi connectivity index (χ4v) is 4.30. The zero-order valence-electron chi connectivity index (χ0n) is 12.3. The van der Waals surface area contributed by atoms with Crippen LogP contribution in [0.25, 0.3) is 0 Å². The van der Waals surface area contributed by atoms with Crippen LogP contribution < -0.4 is 10.0 Å². The Morgan fingerprint density at radius 2 is 2.25 bits per heavy atom. The Morgan fingerprint density at radius 1 is 1.55 bits per heavy atom. The molecule has 0 spiro atoms. The van der Waals surface area contributed by atoms with E-state index in [2.05, 4.69) is 20.2 Å². The molecule has 1 aromatic heterocycles. The lowest BCUT2D eigenvalue weighted by Crippen LogP contribution is -2.50. The lowest BCUT2D eigenvalue weighted by Gasteiger charge is -2.28. The number of sulfonamides is 1. The van der Waals surface area contributed by atoms with Crippen LogP contribution in [0.2, 0.25) is 0 Å². The van der Waals surface area contributed by atoms with Crippen LogP contribution in [0.5, 0.6) is 0 Å². The number of aryl methyl sites for hydroxylation is 1. The summed E-state index contributed by atoms with van der Waals surface area (Å²) in [4.78, 5) is 0.229. The molecule has 2 rings (SSSR count). The quantitative estimate of drug-likeness (QED) is 0.726. The highest BCUT2D eigenvalue weighted by Crippen LogP contribution is 2.28. The number of H-pyrrole nitrogens is 1. The lowest BCUT2D eigenvalue weighted by atomic mass is 9.97. The molecule has 1 aromatic rings. The van der Waals surface area contributed by atoms with Crippen LogP contribution >= 0.6 is 0 Å². The van der Waals surface area contributed by atoms with E-state index < -0.39 is 15.6 Å². The van der Waals surface area contributed by atoms with E-state index in [-0.39, 0.29) is 11.0 Å². The lowest BCUT2D eigenvalue weighted by molar-refractivity contribution is 0.0957. The van der Waals surface area contributed by atoms with Crippen LogP contribution in [-0.4, -0.2) is 43.9 Å². The summed E-state index contributed by atoms with van der Waals surface area (Å²) in [7, 11) is -1.89. The smallest absolute Gasteiger partial charge is 0.244 e. The van der Waals surface area contributed by atoms with Crippen molar-refractivity contribution in [1.82, 2.24) is 20.2 Å². The summed E-state index contributed by atoms with van der Waals surface area (Å²) in [6.07, 6.45) is 0.503. The maximum absolute atomic E-state index is 12.7. The Balaban J connectivity index is 2.34. The topological polar surface area (TPSA) is 96.1 Å². The van der Waals surface area contributed by atoms with E-state index in [1.54, 1.807) is 14.0 Å². The van der Waals surface area contributed by atoms with Gasteiger partial charge in [0.2, 0.25) is 10.0 Å². The SMILES string of the molecule is CNCc1n[nH]c(C)c1S(=O)(=O)NC1(C)CCOC1C. The van der Waals surface area contributed by atoms with Crippen LogP contribution in [0, 0.1) is 6.92 Å². The molecule has 0 aromatic carbocycles. The molecule has 2 heterocycles. The molecule has 0 radical (unpaired) electrons. The second-order valence-electron chi connectivity index (χ2n) is 5.44. The molecule has 8 heteroatoms. The Bertz CT molecular complexity index is 584. The number of nitrogens with zero attached hydrogens (tertiary/aromatic N) is 1. The number of hydrogen-bond donors (Lipinski definition) is 3. The molecule has 0 amide bonds. The molecule has 2 unspecified atom stereocenters. The Labute approximate surface area is 119 Å². The minimum atomic E-state index is -3.64. The van der Waals surface area contributed by atoms with Crippen molar-refractivity contribution in [3.63, 3.8) is 0 Å². The van der Waals surface area contributed by atoms with Gasteiger partial charge in [-0.15, -0.1) is 0 Å². The van der Waals surface area contributed by atoms with Gasteiger partial charge >= 0.3 is 0 Å². The summed E-state index contributed by atoms with van der Waals surface area (Å²) in [5.74, 6) is 0. The average Bonchev–Trinajstić information content (AvgIpc) is 2.84. The number of rotatable bonds is 5. The number of ether oxygens (including phenoxy) is 1. The van der Waals surface area contributed by atoms with E-state index in [1.807, 2.05) is 13.8 Å². The highest BCUT2D eigenvalue weighted by Gasteiger charge is 2.41. The molecule has 2 atom stereocenters. The van der Waals surface area contributed by atoms with Crippen LogP contribution in [-0.2, 0) is 21.3 Å². The molecule has 0 saturated carbocycles. The minimum absolute atomic E-state index is 0.155. The highest BCUT2D eigenvalue weighted by atomic mass is 32.2. The number of aromatic amines is 1. The first-order valence-electron chi connectivity index (χ1n) is 6.64. The fourth-order valence-electron chi connectivity index (χ4n) is 2.44. The van der Waals surface area contributed by atoms with Crippen LogP contribution in [0.3, 0.4) is 0 Å². The van der Waals surface area contributed by atoms with Gasteiger partial charge in [0.15, 0.2) is 0 Å². The van der Waals surface area contributed by atoms with Crippen molar-refractivity contribution in [1.29, 1.82) is 0 Å². The molecular formula is C12H22N4O3S. The van der Waals surface area contributed by atoms with Crippen molar-refractivity contribution in [3.8, 4) is 0 Å². The summed E-state index contributed by atoms with van der Waals surface area (Å²) in [6, 6.07) is 0. The van der Waals surface area contributed by atoms with E-state index >= 15 is 0 Å². The predicted octanol–water partition coefficient (Wildman–Crippen LogP) is 0.283. The zero-order chi connectivity index (χ0) is 15.0. The predicted molar refractivity (Wildman–Crippen MR) is 74.8 cm³/mol. The Kier molecular flexibility index (Phi) is 4.19. The number of aromatic nitrogens is 2. The molecule has 114 valence electrons. The van der Waals surface area contributed by atoms with Crippen LogP contribution in [0.15, 0.2) is 4.90 Å². The maximum atomic E-state index is 12.7. The second kappa shape index (κ2) is 5.44. The number of hydrogen-bond acceptors (Lipinski definition) is 5. The van der Waals surface area contributed by atoms with Crippen molar-refractivity contribution >= 4 is 10.0 Å². The summed E-state index contributed by atoms with van der Waals surface area (Å²) < 4.78 is 33.6. The van der Waals surface area contributed by atoms with Crippen molar-refractivity contribution in [2.24, 2.45) is 0 Å². The van der Waals surface area contributed by atoms with Gasteiger partial charge in [-0.05, 0) is 34.2 Å². The molecule has 1 aliphatic heterocycles. The minimum Gasteiger partial charge on any atom is -0.376 e. The monoisotopic (exact) mass is 302 g/mol. The third kappa shape index (κ3) is 2.73. The maximum Gasteiger partial charge on any atom is 0.244 e. The average molecular weight is 302 g/mol. The molecule has 0 aliphatic carbocycles. The van der Waals surface area contributed by atoms with Gasteiger partial charge in [0.1, 0.15) is 4.90 Å². The number of nitrogens with one attached hydrogen (secondary N) is 3. The molecule has 20 heavy (non-hydrogen) atoms. The normalized spacial score (nSPS) is 27.1. The van der Waals surface area contributed by atoms with Crippen molar-refractivity contribution in [3.05, 3.63) is 11.4 Å². The van der Waals surface area contributed by atoms with E-state index in [0.29, 0.717) is 31.0 Å². The third-order valence-electron chi connectivity index (χ3n) is 3.83. The van der Waals surface area contributed by atoms with Gasteiger partial charge < -0.3 is 10.1 Å². The molecule has 1 saturated heterocycles. The zero-order valence-corrected chi connectivity index (χ0v) is 13.1. The van der Waals surface area contributed by atoms with Gasteiger partial charge in [0.05, 0.1) is 23.0 Å². The highest BCUT2D eigenvalue weighted by molar-refractivity contribution is 7.89. The van der Waals surface area contributed by atoms with Crippen LogP contribution in [0.4, 0.5) is 0 Å². The summed E-state index contributed by atoms with van der Waals surface area (Å²) in [6.45, 7) is 6.41. The van der Waals surface area contributed by atoms with Gasteiger partial charge in [0.25, 0.3) is 0 Å². The molecule has 1 aliphatic rings. The first-order valence-corrected chi connectivity index (χ1v) is 8.12. The largest absolute Gasteiger partial charge is 0.376 e. The first-order chi connectivity index (χ1) is 9.30. The van der Waals surface area contributed by atoms with Crippen molar-refractivity contribution in [2.45, 2.75) is 50.3 Å². The Morgan fingerprint density at radius 3 is 2.80 bits per heavy atom. The van der Waals surface area contributed by atoms with E-state index in [4.69, 9.17) is 4.74 Å². The molecule has 3 N–H and O–H groups in total. The molecular weight excluding hydrogens is 280 g/mol. The molecule has 7 nitrogen and oxygen atoms in total. The van der Waals surface area contributed by atoms with Gasteiger partial charge in [-0.25, -0.2) is 13.1 Å². The summed E-state index contributed by atoms with van der Waals surface area (Å²) in [5.41, 5.74) is 0.449. The van der Waals surface area contributed by atoms with E-state index in [0.717, 1.165) is 0 Å². The van der Waals surface area contributed by atoms with Gasteiger partial charge in [0, 0.05) is 13.2 Å². The van der Waals surface area contributed by atoms with Crippen molar-refractivity contribution in [2.75, 3.05) is 13.7 Å². The van der Waals surface area contributed by atoms with Gasteiger partial charge in [-0.3, -0.25) is 5.10 Å². The van der Waals surface area contributed by atoms with Crippen molar-refractivity contribution < 1.29 is 13.2 Å². The second-order valence-corrected chi connectivity index (χ2v) is 7.06. The third-order valence-corrected chi connectivity index (χ3v) is 5.64. The van der Waals surface area contributed by atoms with E-state index in [9.17, 15) is 8.42 Å². The standard InChI is InChI=1S/C12H22N4O3S/c1-8-11(10(7-13-4)15-14-8)20(17,18)16-12(3)5-6-19-9(12)2/h9,13,16H,5-7H2,1-4H3,(H,14,15). The first kappa shape index (κ1) is 15.4. The van der Waals surface area contributed by atoms with Gasteiger partial charge in [-0.2, -0.15) is 5.10 Å². The summed E-state index contributed by atoms with van der Waals surface area (Å²) in [5, 5.41) is 9.71. The molecule has 1 fully saturated rings. The Hall–Kier alpha value is -0.960. The van der Waals surface area contributed by atoms with Gasteiger partial charge in [-0.1, -0.05) is 0 Å². The molecule has 0 bridgehead atoms. The fraction of sp³-hybridized carbons (Fsp3) is 0.750. The van der Waals surface area contributed by atoms with Crippen LogP contribution in [0.1, 0.15) is 31.7 Å².